The normalized spacial score (nSPS) is 19.9. The Hall–Kier alpha value is -0.130. The van der Waals surface area contributed by atoms with Gasteiger partial charge in [-0.15, -0.1) is 0 Å². The minimum atomic E-state index is 0.345. The van der Waals surface area contributed by atoms with Crippen LogP contribution >= 0.6 is 44.1 Å². The Labute approximate surface area is 111 Å². The van der Waals surface area contributed by atoms with Crippen molar-refractivity contribution in [3.05, 3.63) is 21.1 Å². The van der Waals surface area contributed by atoms with Gasteiger partial charge in [0.25, 0.3) is 0 Å². The summed E-state index contributed by atoms with van der Waals surface area (Å²) < 4.78 is 2.07. The van der Waals surface area contributed by atoms with E-state index in [9.17, 15) is 0 Å². The Morgan fingerprint density at radius 3 is 2.87 bits per heavy atom. The largest absolute Gasteiger partial charge is 0.382 e. The molecule has 1 aromatic rings. The summed E-state index contributed by atoms with van der Waals surface area (Å²) in [5.41, 5.74) is 2.09. The molecular weight excluding hydrogens is 340 g/mol. The number of hydrogen-bond acceptors (Lipinski definition) is 2. The number of nitrogens with one attached hydrogen (secondary N) is 2. The van der Waals surface area contributed by atoms with E-state index in [1.165, 1.54) is 0 Å². The monoisotopic (exact) mass is 348 g/mol. The molecule has 2 nitrogen and oxygen atoms in total. The van der Waals surface area contributed by atoms with Crippen LogP contribution in [0.15, 0.2) is 21.1 Å². The fourth-order valence-corrected chi connectivity index (χ4v) is 3.01. The van der Waals surface area contributed by atoms with Crippen molar-refractivity contribution in [2.24, 2.45) is 5.92 Å². The first-order chi connectivity index (χ1) is 7.08. The van der Waals surface area contributed by atoms with Crippen molar-refractivity contribution in [3.63, 3.8) is 0 Å². The fraction of sp³-hybridized carbons (Fsp3) is 0.300. The van der Waals surface area contributed by atoms with Gasteiger partial charge in [0.2, 0.25) is 0 Å². The van der Waals surface area contributed by atoms with Gasteiger partial charge in [0, 0.05) is 21.4 Å². The van der Waals surface area contributed by atoms with Gasteiger partial charge in [-0.05, 0) is 28.1 Å². The smallest absolute Gasteiger partial charge is 0.0844 e. The molecule has 0 amide bonds. The molecule has 0 bridgehead atoms. The summed E-state index contributed by atoms with van der Waals surface area (Å²) in [5, 5.41) is 6.65. The van der Waals surface area contributed by atoms with Gasteiger partial charge in [-0.1, -0.05) is 35.1 Å². The second-order valence-electron chi connectivity index (χ2n) is 3.58. The van der Waals surface area contributed by atoms with Gasteiger partial charge >= 0.3 is 0 Å². The first-order valence-corrected chi connectivity index (χ1v) is 6.61. The average Bonchev–Trinajstić information content (AvgIpc) is 2.27. The van der Waals surface area contributed by atoms with Gasteiger partial charge in [-0.25, -0.2) is 0 Å². The van der Waals surface area contributed by atoms with Crippen LogP contribution in [0.1, 0.15) is 6.92 Å². The molecule has 2 N–H and O–H groups in total. The lowest BCUT2D eigenvalue weighted by Crippen LogP contribution is -2.20. The molecule has 0 aliphatic carbocycles. The first-order valence-electron chi connectivity index (χ1n) is 4.61. The van der Waals surface area contributed by atoms with Crippen molar-refractivity contribution in [2.45, 2.75) is 6.92 Å². The van der Waals surface area contributed by atoms with Crippen molar-refractivity contribution in [3.8, 4) is 0 Å². The second-order valence-corrected chi connectivity index (χ2v) is 5.79. The number of fused-ring (bicyclic) bond motifs is 1. The Bertz CT molecular complexity index is 420. The van der Waals surface area contributed by atoms with E-state index >= 15 is 0 Å². The zero-order valence-corrected chi connectivity index (χ0v) is 12.1. The molecule has 2 rings (SSSR count). The van der Waals surface area contributed by atoms with Gasteiger partial charge in [0.15, 0.2) is 0 Å². The molecule has 1 aromatic carbocycles. The maximum atomic E-state index is 5.30. The minimum Gasteiger partial charge on any atom is -0.382 e. The Kier molecular flexibility index (Phi) is 3.33. The summed E-state index contributed by atoms with van der Waals surface area (Å²) in [6.07, 6.45) is 0. The van der Waals surface area contributed by atoms with Gasteiger partial charge < -0.3 is 10.6 Å². The maximum Gasteiger partial charge on any atom is 0.0844 e. The zero-order chi connectivity index (χ0) is 11.0. The summed E-state index contributed by atoms with van der Waals surface area (Å²) in [6.45, 7) is 2.97. The van der Waals surface area contributed by atoms with Gasteiger partial charge in [0.05, 0.1) is 16.4 Å². The summed E-state index contributed by atoms with van der Waals surface area (Å²) in [4.78, 5) is 0.881. The quantitative estimate of drug-likeness (QED) is 0.692. The minimum absolute atomic E-state index is 0.345. The van der Waals surface area contributed by atoms with Crippen LogP contribution in [-0.2, 0) is 0 Å². The molecule has 0 spiro atoms. The third-order valence-corrected chi connectivity index (χ3v) is 3.93. The molecule has 5 heteroatoms. The molecule has 1 atom stereocenters. The molecule has 0 fully saturated rings. The van der Waals surface area contributed by atoms with Crippen LogP contribution in [-0.4, -0.2) is 11.5 Å². The standard InChI is InChI=1S/C10H10Br2N2S/c1-5-4-13-9-7(12)2-6(11)3-8(9)14-10(5)15/h2-3,5,13H,4H2,1H3,(H,14,15). The summed E-state index contributed by atoms with van der Waals surface area (Å²) >= 11 is 12.3. The third-order valence-electron chi connectivity index (χ3n) is 2.35. The third kappa shape index (κ3) is 2.34. The lowest BCUT2D eigenvalue weighted by atomic mass is 10.2. The number of rotatable bonds is 0. The maximum absolute atomic E-state index is 5.30. The topological polar surface area (TPSA) is 24.1 Å². The SMILES string of the molecule is CC1CNc2c(Br)cc(Br)cc2NC1=S. The second kappa shape index (κ2) is 4.39. The van der Waals surface area contributed by atoms with E-state index in [1.807, 2.05) is 12.1 Å². The van der Waals surface area contributed by atoms with Crippen molar-refractivity contribution in [1.29, 1.82) is 0 Å². The molecule has 80 valence electrons. The number of anilines is 2. The molecule has 1 unspecified atom stereocenters. The first kappa shape index (κ1) is 11.4. The van der Waals surface area contributed by atoms with Crippen LogP contribution in [0.4, 0.5) is 11.4 Å². The number of halogens is 2. The molecule has 0 radical (unpaired) electrons. The van der Waals surface area contributed by atoms with Crippen LogP contribution in [0.5, 0.6) is 0 Å². The van der Waals surface area contributed by atoms with Crippen LogP contribution in [0.3, 0.4) is 0 Å². The van der Waals surface area contributed by atoms with E-state index in [1.54, 1.807) is 0 Å². The van der Waals surface area contributed by atoms with E-state index in [-0.39, 0.29) is 0 Å². The van der Waals surface area contributed by atoms with E-state index in [4.69, 9.17) is 12.2 Å². The Morgan fingerprint density at radius 1 is 1.40 bits per heavy atom. The summed E-state index contributed by atoms with van der Waals surface area (Å²) in [7, 11) is 0. The van der Waals surface area contributed by atoms with E-state index < -0.39 is 0 Å². The van der Waals surface area contributed by atoms with Gasteiger partial charge in [-0.3, -0.25) is 0 Å². The number of thiocarbonyl (C=S) groups is 1. The molecule has 0 saturated heterocycles. The highest BCUT2D eigenvalue weighted by Gasteiger charge is 2.18. The molecule has 0 aromatic heterocycles. The fourth-order valence-electron chi connectivity index (χ4n) is 1.46. The average molecular weight is 350 g/mol. The zero-order valence-electron chi connectivity index (χ0n) is 8.10. The Morgan fingerprint density at radius 2 is 2.13 bits per heavy atom. The van der Waals surface area contributed by atoms with Crippen LogP contribution < -0.4 is 10.6 Å². The van der Waals surface area contributed by atoms with Crippen LogP contribution in [0.25, 0.3) is 0 Å². The lowest BCUT2D eigenvalue weighted by Gasteiger charge is -2.10. The molecule has 1 heterocycles. The van der Waals surface area contributed by atoms with Crippen molar-refractivity contribution in [2.75, 3.05) is 17.2 Å². The summed E-state index contributed by atoms with van der Waals surface area (Å²) in [5.74, 6) is 0.345. The number of benzene rings is 1. The predicted molar refractivity (Wildman–Crippen MR) is 75.7 cm³/mol. The highest BCUT2D eigenvalue weighted by molar-refractivity contribution is 9.11. The van der Waals surface area contributed by atoms with Gasteiger partial charge in [0.1, 0.15) is 0 Å². The molecule has 0 saturated carbocycles. The van der Waals surface area contributed by atoms with E-state index in [0.29, 0.717) is 5.92 Å². The van der Waals surface area contributed by atoms with E-state index in [2.05, 4.69) is 49.4 Å². The molecule has 15 heavy (non-hydrogen) atoms. The highest BCUT2D eigenvalue weighted by atomic mass is 79.9. The molecule has 1 aliphatic rings. The predicted octanol–water partition coefficient (Wildman–Crippen LogP) is 4.01. The van der Waals surface area contributed by atoms with Crippen LogP contribution in [0.2, 0.25) is 0 Å². The highest BCUT2D eigenvalue weighted by Crippen LogP contribution is 2.36. The summed E-state index contributed by atoms with van der Waals surface area (Å²) in [6, 6.07) is 4.05. The molecular formula is C10H10Br2N2S. The van der Waals surface area contributed by atoms with Gasteiger partial charge in [-0.2, -0.15) is 0 Å². The van der Waals surface area contributed by atoms with Crippen molar-refractivity contribution < 1.29 is 0 Å². The Balaban J connectivity index is 2.47. The van der Waals surface area contributed by atoms with Crippen molar-refractivity contribution in [1.82, 2.24) is 0 Å². The lowest BCUT2D eigenvalue weighted by molar-refractivity contribution is 0.832. The van der Waals surface area contributed by atoms with Crippen LogP contribution in [0, 0.1) is 5.92 Å². The van der Waals surface area contributed by atoms with E-state index in [0.717, 1.165) is 31.9 Å². The number of hydrogen-bond donors (Lipinski definition) is 2. The molecule has 1 aliphatic heterocycles. The van der Waals surface area contributed by atoms with Crippen molar-refractivity contribution >= 4 is 60.4 Å².